The van der Waals surface area contributed by atoms with Crippen LogP contribution in [0.15, 0.2) is 6.07 Å². The first kappa shape index (κ1) is 27.8. The van der Waals surface area contributed by atoms with E-state index in [0.29, 0.717) is 45.9 Å². The van der Waals surface area contributed by atoms with E-state index in [2.05, 4.69) is 11.4 Å². The van der Waals surface area contributed by atoms with E-state index in [9.17, 15) is 24.8 Å². The predicted molar refractivity (Wildman–Crippen MR) is 150 cm³/mol. The van der Waals surface area contributed by atoms with Crippen molar-refractivity contribution < 1.29 is 43.2 Å². The summed E-state index contributed by atoms with van der Waals surface area (Å²) in [4.78, 5) is 40.0. The molecular weight excluding hydrogens is 578 g/mol. The molecule has 224 valence electrons. The van der Waals surface area contributed by atoms with Gasteiger partial charge in [0.1, 0.15) is 18.4 Å². The molecule has 5 aliphatic rings. The van der Waals surface area contributed by atoms with Crippen LogP contribution in [0.4, 0.5) is 0 Å². The van der Waals surface area contributed by atoms with Gasteiger partial charge >= 0.3 is 11.9 Å². The number of rotatable bonds is 2. The third-order valence-corrected chi connectivity index (χ3v) is 10.3. The van der Waals surface area contributed by atoms with E-state index >= 15 is 0 Å². The number of aromatic hydroxyl groups is 1. The molecule has 6 atom stereocenters. The van der Waals surface area contributed by atoms with Crippen molar-refractivity contribution >= 4 is 29.5 Å². The summed E-state index contributed by atoms with van der Waals surface area (Å²) in [5, 5.41) is 25.2. The maximum atomic E-state index is 12.8. The normalized spacial score (nSPS) is 28.6. The number of phenols is 1. The lowest BCUT2D eigenvalue weighted by atomic mass is 9.72. The largest absolute Gasteiger partial charge is 0.504 e. The highest BCUT2D eigenvalue weighted by molar-refractivity contribution is 8.00. The summed E-state index contributed by atoms with van der Waals surface area (Å²) < 4.78 is 28.9. The molecule has 2 saturated heterocycles. The Morgan fingerprint density at radius 3 is 2.65 bits per heavy atom. The maximum absolute atomic E-state index is 12.8. The third kappa shape index (κ3) is 3.93. The van der Waals surface area contributed by atoms with Crippen molar-refractivity contribution in [2.45, 2.75) is 62.7 Å². The highest BCUT2D eigenvalue weighted by atomic mass is 32.2. The van der Waals surface area contributed by atoms with Crippen LogP contribution in [-0.4, -0.2) is 72.1 Å². The predicted octanol–water partition coefficient (Wildman–Crippen LogP) is 2.46. The Kier molecular flexibility index (Phi) is 6.50. The lowest BCUT2D eigenvalue weighted by molar-refractivity contribution is -0.155. The van der Waals surface area contributed by atoms with Crippen LogP contribution >= 0.6 is 11.8 Å². The number of hydrogen-bond acceptors (Lipinski definition) is 13. The van der Waals surface area contributed by atoms with Gasteiger partial charge in [-0.05, 0) is 31.4 Å². The second-order valence-corrected chi connectivity index (χ2v) is 12.5. The topological polar surface area (TPSA) is 157 Å². The van der Waals surface area contributed by atoms with Gasteiger partial charge in [-0.25, -0.2) is 4.79 Å². The Balaban J connectivity index is 1.55. The minimum atomic E-state index is -0.952. The van der Waals surface area contributed by atoms with Gasteiger partial charge in [-0.2, -0.15) is 5.26 Å². The fourth-order valence-electron chi connectivity index (χ4n) is 7.50. The van der Waals surface area contributed by atoms with Crippen LogP contribution in [0.25, 0.3) is 0 Å². The summed E-state index contributed by atoms with van der Waals surface area (Å²) in [6, 6.07) is 1.61. The van der Waals surface area contributed by atoms with E-state index in [1.807, 2.05) is 17.9 Å². The summed E-state index contributed by atoms with van der Waals surface area (Å²) >= 11 is 1.20. The fourth-order valence-corrected chi connectivity index (χ4v) is 8.85. The van der Waals surface area contributed by atoms with Gasteiger partial charge in [0.2, 0.25) is 12.6 Å². The zero-order valence-corrected chi connectivity index (χ0v) is 24.7. The standard InChI is InChI=1S/C30H29N3O9S/c1-11-5-14-6-15-16(7-31)33-17-8-39-30(37)18(35)9-43-29(23(33)22(32-15)19(14)24(36)25(11)38-4)21-20(17)28-27(40-10-41-28)12(2)26(21)42-13(3)34/h5,15-17,22-23,29,32,36H,6,8-10H2,1-4H3/t15-,16-,17-,22-,23?,29+/m0/s1. The molecule has 5 heterocycles. The molecule has 5 aliphatic heterocycles. The molecule has 0 amide bonds. The van der Waals surface area contributed by atoms with Crippen molar-refractivity contribution in [3.05, 3.63) is 39.4 Å². The second kappa shape index (κ2) is 10.0. The van der Waals surface area contributed by atoms with Crippen LogP contribution in [0.3, 0.4) is 0 Å². The quantitative estimate of drug-likeness (QED) is 0.292. The average molecular weight is 608 g/mol. The molecule has 2 fully saturated rings. The zero-order valence-electron chi connectivity index (χ0n) is 23.9. The summed E-state index contributed by atoms with van der Waals surface area (Å²) in [7, 11) is 1.50. The number of nitriles is 1. The molecule has 2 aromatic rings. The molecule has 12 nitrogen and oxygen atoms in total. The minimum absolute atomic E-state index is 0.00609. The van der Waals surface area contributed by atoms with E-state index < -0.39 is 47.1 Å². The lowest BCUT2D eigenvalue weighted by Crippen LogP contribution is -2.69. The van der Waals surface area contributed by atoms with E-state index in [0.717, 1.165) is 11.1 Å². The first-order chi connectivity index (χ1) is 20.7. The zero-order chi connectivity index (χ0) is 30.3. The van der Waals surface area contributed by atoms with E-state index in [1.54, 1.807) is 6.92 Å². The molecule has 4 bridgehead atoms. The number of phenolic OH excluding ortho intramolecular Hbond substituents is 1. The summed E-state index contributed by atoms with van der Waals surface area (Å²) in [5.41, 5.74) is 4.08. The van der Waals surface area contributed by atoms with Crippen LogP contribution in [0, 0.1) is 25.2 Å². The molecule has 43 heavy (non-hydrogen) atoms. The number of thioether (sulfide) groups is 1. The number of hydrogen-bond donors (Lipinski definition) is 2. The molecule has 0 aromatic heterocycles. The van der Waals surface area contributed by atoms with Gasteiger partial charge in [0.25, 0.3) is 0 Å². The average Bonchev–Trinajstić information content (AvgIpc) is 3.46. The monoisotopic (exact) mass is 607 g/mol. The van der Waals surface area contributed by atoms with E-state index in [1.165, 1.54) is 25.8 Å². The van der Waals surface area contributed by atoms with Gasteiger partial charge in [0, 0.05) is 41.3 Å². The Bertz CT molecular complexity index is 1650. The fraction of sp³-hybridized carbons (Fsp3) is 0.467. The van der Waals surface area contributed by atoms with Gasteiger partial charge in [-0.1, -0.05) is 6.07 Å². The van der Waals surface area contributed by atoms with Crippen LogP contribution in [0.2, 0.25) is 0 Å². The van der Waals surface area contributed by atoms with Gasteiger partial charge in [-0.15, -0.1) is 11.8 Å². The van der Waals surface area contributed by atoms with Crippen LogP contribution in [0.1, 0.15) is 57.6 Å². The molecule has 7 rings (SSSR count). The lowest BCUT2D eigenvalue weighted by Gasteiger charge is -2.58. The number of piperazine rings is 1. The highest BCUT2D eigenvalue weighted by Crippen LogP contribution is 2.62. The third-order valence-electron chi connectivity index (χ3n) is 9.03. The molecule has 0 spiro atoms. The first-order valence-corrected chi connectivity index (χ1v) is 15.0. The van der Waals surface area contributed by atoms with Crippen molar-refractivity contribution in [2.24, 2.45) is 0 Å². The SMILES string of the molecule is COc1c(C)cc2c(c1O)[C@@H]1N[C@@H](C2)[C@H](C#N)N2C1[C@@H]1SCC(=O)C(=O)OC[C@H]2c2c3c(c(C)c(OC(C)=O)c21)OCO3. The summed E-state index contributed by atoms with van der Waals surface area (Å²) in [6.45, 7) is 4.63. The number of nitrogens with one attached hydrogen (secondary N) is 1. The van der Waals surface area contributed by atoms with Crippen LogP contribution < -0.4 is 24.3 Å². The molecule has 13 heteroatoms. The van der Waals surface area contributed by atoms with Crippen molar-refractivity contribution in [1.82, 2.24) is 10.2 Å². The number of Topliss-reactive ketones (excluding diaryl/α,β-unsaturated/α-hetero) is 1. The van der Waals surface area contributed by atoms with Crippen molar-refractivity contribution in [3.63, 3.8) is 0 Å². The van der Waals surface area contributed by atoms with E-state index in [-0.39, 0.29) is 36.7 Å². The Hall–Kier alpha value is -3.99. The van der Waals surface area contributed by atoms with Gasteiger partial charge < -0.3 is 34.1 Å². The summed E-state index contributed by atoms with van der Waals surface area (Å²) in [5.74, 6) is -0.915. The molecule has 2 aromatic carbocycles. The molecule has 1 unspecified atom stereocenters. The molecule has 0 radical (unpaired) electrons. The van der Waals surface area contributed by atoms with Gasteiger partial charge in [0.05, 0.1) is 36.3 Å². The molecular formula is C30H29N3O9S. The van der Waals surface area contributed by atoms with Gasteiger partial charge in [0.15, 0.2) is 23.0 Å². The van der Waals surface area contributed by atoms with Crippen molar-refractivity contribution in [1.29, 1.82) is 5.26 Å². The molecule has 2 N–H and O–H groups in total. The highest BCUT2D eigenvalue weighted by Gasteiger charge is 2.59. The molecule has 0 aliphatic carbocycles. The van der Waals surface area contributed by atoms with Crippen molar-refractivity contribution in [3.8, 4) is 34.8 Å². The van der Waals surface area contributed by atoms with Gasteiger partial charge in [-0.3, -0.25) is 14.5 Å². The number of esters is 2. The number of cyclic esters (lactones) is 1. The first-order valence-electron chi connectivity index (χ1n) is 13.9. The number of benzene rings is 2. The van der Waals surface area contributed by atoms with E-state index in [4.69, 9.17) is 23.7 Å². The minimum Gasteiger partial charge on any atom is -0.504 e. The number of fused-ring (bicyclic) bond motifs is 9. The smallest absolute Gasteiger partial charge is 0.375 e. The number of carbonyl (C=O) groups is 3. The number of ketones is 1. The number of nitrogens with zero attached hydrogens (tertiary/aromatic N) is 2. The maximum Gasteiger partial charge on any atom is 0.375 e. The number of carbonyl (C=O) groups excluding carboxylic acids is 3. The van der Waals surface area contributed by atoms with Crippen molar-refractivity contribution in [2.75, 3.05) is 26.3 Å². The summed E-state index contributed by atoms with van der Waals surface area (Å²) in [6.07, 6.45) is 0.464. The Labute approximate surface area is 251 Å². The Morgan fingerprint density at radius 2 is 1.93 bits per heavy atom. The number of aryl methyl sites for hydroxylation is 1. The molecule has 0 saturated carbocycles. The number of ether oxygens (including phenoxy) is 5. The second-order valence-electron chi connectivity index (χ2n) is 11.3. The number of methoxy groups -OCH3 is 1. The Morgan fingerprint density at radius 1 is 1.16 bits per heavy atom. The van der Waals surface area contributed by atoms with Crippen LogP contribution in [0.5, 0.6) is 28.7 Å². The van der Waals surface area contributed by atoms with Crippen LogP contribution in [-0.2, 0) is 25.5 Å².